The highest BCUT2D eigenvalue weighted by atomic mass is 32.2. The van der Waals surface area contributed by atoms with Gasteiger partial charge in [-0.25, -0.2) is 14.4 Å². The van der Waals surface area contributed by atoms with Gasteiger partial charge in [-0.1, -0.05) is 48.2 Å². The Hall–Kier alpha value is -2.51. The van der Waals surface area contributed by atoms with E-state index in [2.05, 4.69) is 27.4 Å². The highest BCUT2D eigenvalue weighted by molar-refractivity contribution is 8.00. The number of halogens is 1. The van der Waals surface area contributed by atoms with Crippen LogP contribution in [0, 0.1) is 5.82 Å². The number of benzene rings is 2. The summed E-state index contributed by atoms with van der Waals surface area (Å²) in [5.74, 6) is -0.0413. The lowest BCUT2D eigenvalue weighted by Gasteiger charge is -2.05. The highest BCUT2D eigenvalue weighted by Gasteiger charge is 2.15. The molecule has 0 bridgehead atoms. The first-order chi connectivity index (χ1) is 13.7. The van der Waals surface area contributed by atoms with Crippen LogP contribution in [0.3, 0.4) is 0 Å². The zero-order chi connectivity index (χ0) is 19.3. The minimum atomic E-state index is -0.283. The van der Waals surface area contributed by atoms with Crippen LogP contribution in [-0.4, -0.2) is 28.2 Å². The topological polar surface area (TPSA) is 54.9 Å². The number of aryl methyl sites for hydroxylation is 1. The van der Waals surface area contributed by atoms with Gasteiger partial charge >= 0.3 is 0 Å². The largest absolute Gasteiger partial charge is 0.355 e. The second-order valence-corrected chi connectivity index (χ2v) is 8.32. The molecular weight excluding hydrogens is 393 g/mol. The van der Waals surface area contributed by atoms with E-state index in [1.807, 2.05) is 24.3 Å². The standard InChI is InChI=1S/C21H18FN3OS2/c22-15-9-4-10-16-18(15)19-20(28-16)21(25-13-24-19)27-12-17(26)23-11-5-8-14-6-2-1-3-7-14/h1-4,6-7,9-10,13H,5,8,11-12H2,(H,23,26). The van der Waals surface area contributed by atoms with E-state index < -0.39 is 0 Å². The first-order valence-corrected chi connectivity index (χ1v) is 10.8. The molecule has 0 spiro atoms. The van der Waals surface area contributed by atoms with Crippen LogP contribution >= 0.6 is 23.1 Å². The van der Waals surface area contributed by atoms with Gasteiger partial charge in [0.25, 0.3) is 0 Å². The number of amides is 1. The number of rotatable bonds is 7. The minimum absolute atomic E-state index is 0.0304. The quantitative estimate of drug-likeness (QED) is 0.269. The van der Waals surface area contributed by atoms with Crippen LogP contribution in [0.5, 0.6) is 0 Å². The van der Waals surface area contributed by atoms with Gasteiger partial charge in [0.2, 0.25) is 5.91 Å². The van der Waals surface area contributed by atoms with Gasteiger partial charge in [-0.3, -0.25) is 4.79 Å². The third kappa shape index (κ3) is 4.15. The van der Waals surface area contributed by atoms with Gasteiger partial charge in [0, 0.05) is 11.2 Å². The number of nitrogens with zero attached hydrogens (tertiary/aromatic N) is 2. The molecule has 0 aliphatic heterocycles. The summed E-state index contributed by atoms with van der Waals surface area (Å²) in [6.45, 7) is 0.640. The van der Waals surface area contributed by atoms with Gasteiger partial charge in [-0.05, 0) is 30.5 Å². The Morgan fingerprint density at radius 2 is 1.96 bits per heavy atom. The molecule has 4 aromatic rings. The first-order valence-electron chi connectivity index (χ1n) is 8.97. The number of thioether (sulfide) groups is 1. The van der Waals surface area contributed by atoms with E-state index in [0.29, 0.717) is 22.5 Å². The normalized spacial score (nSPS) is 11.2. The fourth-order valence-corrected chi connectivity index (χ4v) is 5.08. The third-order valence-corrected chi connectivity index (χ3v) is 6.61. The number of nitrogens with one attached hydrogen (secondary N) is 1. The number of thiophene rings is 1. The molecule has 1 N–H and O–H groups in total. The van der Waals surface area contributed by atoms with Crippen LogP contribution in [0.4, 0.5) is 4.39 Å². The molecule has 28 heavy (non-hydrogen) atoms. The minimum Gasteiger partial charge on any atom is -0.355 e. The summed E-state index contributed by atoms with van der Waals surface area (Å²) < 4.78 is 15.8. The van der Waals surface area contributed by atoms with E-state index in [0.717, 1.165) is 22.2 Å². The van der Waals surface area contributed by atoms with Crippen molar-refractivity contribution >= 4 is 49.3 Å². The summed E-state index contributed by atoms with van der Waals surface area (Å²) in [5, 5.41) is 4.19. The number of carbonyl (C=O) groups excluding carboxylic acids is 1. The summed E-state index contributed by atoms with van der Waals surface area (Å²) in [5.41, 5.74) is 1.88. The number of fused-ring (bicyclic) bond motifs is 3. The molecule has 0 saturated heterocycles. The van der Waals surface area contributed by atoms with E-state index in [1.54, 1.807) is 6.07 Å². The highest BCUT2D eigenvalue weighted by Crippen LogP contribution is 2.38. The number of carbonyl (C=O) groups is 1. The molecule has 0 atom stereocenters. The molecule has 0 aliphatic rings. The molecule has 2 aromatic carbocycles. The van der Waals surface area contributed by atoms with Crippen molar-refractivity contribution < 1.29 is 9.18 Å². The van der Waals surface area contributed by atoms with Crippen LogP contribution in [0.15, 0.2) is 59.9 Å². The Morgan fingerprint density at radius 1 is 1.11 bits per heavy atom. The summed E-state index contributed by atoms with van der Waals surface area (Å²) in [6.07, 6.45) is 3.27. The molecule has 4 rings (SSSR count). The number of hydrogen-bond acceptors (Lipinski definition) is 5. The van der Waals surface area contributed by atoms with E-state index >= 15 is 0 Å². The zero-order valence-corrected chi connectivity index (χ0v) is 16.7. The molecule has 0 unspecified atom stereocenters. The van der Waals surface area contributed by atoms with E-state index in [-0.39, 0.29) is 17.5 Å². The molecule has 0 aliphatic carbocycles. The predicted octanol–water partition coefficient (Wildman–Crippen LogP) is 4.82. The van der Waals surface area contributed by atoms with Gasteiger partial charge in [-0.15, -0.1) is 11.3 Å². The van der Waals surface area contributed by atoms with Gasteiger partial charge in [0.15, 0.2) is 0 Å². The molecule has 2 heterocycles. The van der Waals surface area contributed by atoms with Crippen LogP contribution in [-0.2, 0) is 11.2 Å². The average Bonchev–Trinajstić information content (AvgIpc) is 3.11. The Kier molecular flexibility index (Phi) is 5.83. The van der Waals surface area contributed by atoms with Crippen LogP contribution in [0.1, 0.15) is 12.0 Å². The SMILES string of the molecule is O=C(CSc1ncnc2c1sc1cccc(F)c12)NCCCc1ccccc1. The molecule has 4 nitrogen and oxygen atoms in total. The van der Waals surface area contributed by atoms with E-state index in [1.165, 1.54) is 41.1 Å². The maximum Gasteiger partial charge on any atom is 0.230 e. The molecule has 0 saturated carbocycles. The summed E-state index contributed by atoms with van der Waals surface area (Å²) in [7, 11) is 0. The van der Waals surface area contributed by atoms with Crippen molar-refractivity contribution in [2.45, 2.75) is 17.9 Å². The van der Waals surface area contributed by atoms with Crippen molar-refractivity contribution in [1.29, 1.82) is 0 Å². The fraction of sp³-hybridized carbons (Fsp3) is 0.190. The molecular formula is C21H18FN3OS2. The van der Waals surface area contributed by atoms with Crippen LogP contribution < -0.4 is 5.32 Å². The van der Waals surface area contributed by atoms with Gasteiger partial charge < -0.3 is 5.32 Å². The van der Waals surface area contributed by atoms with Crippen molar-refractivity contribution in [1.82, 2.24) is 15.3 Å². The lowest BCUT2D eigenvalue weighted by Crippen LogP contribution is -2.26. The Bertz CT molecular complexity index is 1110. The lowest BCUT2D eigenvalue weighted by atomic mass is 10.1. The maximum absolute atomic E-state index is 14.2. The molecule has 2 aromatic heterocycles. The summed E-state index contributed by atoms with van der Waals surface area (Å²) >= 11 is 2.81. The molecule has 0 fully saturated rings. The van der Waals surface area contributed by atoms with Crippen molar-refractivity contribution in [2.75, 3.05) is 12.3 Å². The van der Waals surface area contributed by atoms with Crippen molar-refractivity contribution in [3.63, 3.8) is 0 Å². The van der Waals surface area contributed by atoms with Gasteiger partial charge in [0.1, 0.15) is 17.2 Å². The van der Waals surface area contributed by atoms with E-state index in [4.69, 9.17) is 0 Å². The molecule has 1 amide bonds. The Balaban J connectivity index is 1.35. The smallest absolute Gasteiger partial charge is 0.230 e. The van der Waals surface area contributed by atoms with Gasteiger partial charge in [0.05, 0.1) is 21.4 Å². The van der Waals surface area contributed by atoms with Crippen LogP contribution in [0.25, 0.3) is 20.3 Å². The average molecular weight is 412 g/mol. The first kappa shape index (κ1) is 18.8. The third-order valence-electron chi connectivity index (χ3n) is 4.34. The van der Waals surface area contributed by atoms with Crippen LogP contribution in [0.2, 0.25) is 0 Å². The summed E-state index contributed by atoms with van der Waals surface area (Å²) in [6, 6.07) is 15.2. The van der Waals surface area contributed by atoms with Gasteiger partial charge in [-0.2, -0.15) is 0 Å². The monoisotopic (exact) mass is 411 g/mol. The second-order valence-electron chi connectivity index (χ2n) is 6.30. The lowest BCUT2D eigenvalue weighted by molar-refractivity contribution is -0.118. The maximum atomic E-state index is 14.2. The predicted molar refractivity (Wildman–Crippen MR) is 113 cm³/mol. The fourth-order valence-electron chi connectivity index (χ4n) is 3.01. The Labute approximate surface area is 170 Å². The summed E-state index contributed by atoms with van der Waals surface area (Å²) in [4.78, 5) is 20.7. The number of aromatic nitrogens is 2. The molecule has 142 valence electrons. The van der Waals surface area contributed by atoms with E-state index in [9.17, 15) is 9.18 Å². The Morgan fingerprint density at radius 3 is 2.82 bits per heavy atom. The zero-order valence-electron chi connectivity index (χ0n) is 15.0. The second kappa shape index (κ2) is 8.67. The van der Waals surface area contributed by atoms with Crippen molar-refractivity contribution in [3.8, 4) is 0 Å². The number of hydrogen-bond donors (Lipinski definition) is 1. The molecule has 0 radical (unpaired) electrons. The van der Waals surface area contributed by atoms with Crippen molar-refractivity contribution in [2.24, 2.45) is 0 Å². The molecule has 7 heteroatoms. The van der Waals surface area contributed by atoms with Crippen molar-refractivity contribution in [3.05, 3.63) is 66.2 Å².